The first kappa shape index (κ1) is 20.8. The number of aromatic nitrogens is 1. The first-order valence-corrected chi connectivity index (χ1v) is 9.37. The first-order valence-electron chi connectivity index (χ1n) is 8.49. The Morgan fingerprint density at radius 1 is 1.15 bits per heavy atom. The van der Waals surface area contributed by atoms with Crippen molar-refractivity contribution < 1.29 is 19.0 Å². The van der Waals surface area contributed by atoms with Crippen molar-refractivity contribution in [3.05, 3.63) is 39.9 Å². The van der Waals surface area contributed by atoms with Gasteiger partial charge in [0.2, 0.25) is 11.7 Å². The Morgan fingerprint density at radius 2 is 1.78 bits per heavy atom. The number of methoxy groups -OCH3 is 3. The molecule has 6 nitrogen and oxygen atoms in total. The van der Waals surface area contributed by atoms with Gasteiger partial charge in [0.1, 0.15) is 5.01 Å². The summed E-state index contributed by atoms with van der Waals surface area (Å²) in [5.41, 5.74) is 1.80. The molecule has 0 aliphatic rings. The SMILES string of the molecule is COc1cc(/C=C/C(=O)NCc2nc(C(C)(C)C)cs2)cc(OC)c1OC. The molecule has 7 heteroatoms. The van der Waals surface area contributed by atoms with Crippen molar-refractivity contribution in [1.82, 2.24) is 10.3 Å². The Labute approximate surface area is 164 Å². The maximum absolute atomic E-state index is 12.1. The van der Waals surface area contributed by atoms with E-state index in [1.165, 1.54) is 6.08 Å². The lowest BCUT2D eigenvalue weighted by atomic mass is 9.93. The van der Waals surface area contributed by atoms with E-state index in [-0.39, 0.29) is 11.3 Å². The highest BCUT2D eigenvalue weighted by Crippen LogP contribution is 2.38. The van der Waals surface area contributed by atoms with Gasteiger partial charge in [0.25, 0.3) is 0 Å². The van der Waals surface area contributed by atoms with E-state index in [0.29, 0.717) is 23.8 Å². The van der Waals surface area contributed by atoms with Crippen molar-refractivity contribution in [2.75, 3.05) is 21.3 Å². The average Bonchev–Trinajstić information content (AvgIpc) is 3.13. The van der Waals surface area contributed by atoms with Crippen LogP contribution in [0.3, 0.4) is 0 Å². The number of rotatable bonds is 7. The lowest BCUT2D eigenvalue weighted by Crippen LogP contribution is -2.20. The van der Waals surface area contributed by atoms with Crippen LogP contribution >= 0.6 is 11.3 Å². The van der Waals surface area contributed by atoms with E-state index in [1.54, 1.807) is 50.9 Å². The molecule has 27 heavy (non-hydrogen) atoms. The highest BCUT2D eigenvalue weighted by atomic mass is 32.1. The minimum Gasteiger partial charge on any atom is -0.493 e. The van der Waals surface area contributed by atoms with Gasteiger partial charge in [0.05, 0.1) is 33.6 Å². The van der Waals surface area contributed by atoms with Gasteiger partial charge in [-0.05, 0) is 23.8 Å². The van der Waals surface area contributed by atoms with Gasteiger partial charge < -0.3 is 19.5 Å². The summed E-state index contributed by atoms with van der Waals surface area (Å²) in [5, 5.41) is 5.77. The largest absolute Gasteiger partial charge is 0.493 e. The lowest BCUT2D eigenvalue weighted by molar-refractivity contribution is -0.116. The number of benzene rings is 1. The zero-order chi connectivity index (χ0) is 20.0. The number of carbonyl (C=O) groups excluding carboxylic acids is 1. The van der Waals surface area contributed by atoms with Crippen LogP contribution in [0, 0.1) is 0 Å². The van der Waals surface area contributed by atoms with Crippen LogP contribution in [-0.2, 0) is 16.8 Å². The molecule has 0 atom stereocenters. The standard InChI is InChI=1S/C20H26N2O4S/c1-20(2,3)16-12-27-18(22-16)11-21-17(23)8-7-13-9-14(24-4)19(26-6)15(10-13)25-5/h7-10,12H,11H2,1-6H3,(H,21,23)/b8-7+. The molecule has 0 fully saturated rings. The molecular weight excluding hydrogens is 364 g/mol. The molecular formula is C20H26N2O4S. The Bertz CT molecular complexity index is 797. The molecule has 0 aliphatic carbocycles. The van der Waals surface area contributed by atoms with Crippen LogP contribution in [0.25, 0.3) is 6.08 Å². The monoisotopic (exact) mass is 390 g/mol. The van der Waals surface area contributed by atoms with Crippen LogP contribution in [0.15, 0.2) is 23.6 Å². The summed E-state index contributed by atoms with van der Waals surface area (Å²) in [4.78, 5) is 16.7. The fourth-order valence-corrected chi connectivity index (χ4v) is 3.29. The quantitative estimate of drug-likeness (QED) is 0.729. The molecule has 1 heterocycles. The highest BCUT2D eigenvalue weighted by Gasteiger charge is 2.17. The molecule has 0 radical (unpaired) electrons. The number of nitrogens with zero attached hydrogens (tertiary/aromatic N) is 1. The second kappa shape index (κ2) is 8.90. The molecule has 2 rings (SSSR count). The van der Waals surface area contributed by atoms with Crippen LogP contribution in [0.1, 0.15) is 37.0 Å². The Morgan fingerprint density at radius 3 is 2.26 bits per heavy atom. The maximum atomic E-state index is 12.1. The zero-order valence-electron chi connectivity index (χ0n) is 16.6. The molecule has 0 bridgehead atoms. The number of hydrogen-bond donors (Lipinski definition) is 1. The molecule has 1 amide bonds. The summed E-state index contributed by atoms with van der Waals surface area (Å²) in [6.07, 6.45) is 3.17. The van der Waals surface area contributed by atoms with Gasteiger partial charge >= 0.3 is 0 Å². The van der Waals surface area contributed by atoms with Gasteiger partial charge in [0.15, 0.2) is 11.5 Å². The summed E-state index contributed by atoms with van der Waals surface area (Å²) in [5.74, 6) is 1.39. The van der Waals surface area contributed by atoms with Crippen LogP contribution in [0.2, 0.25) is 0 Å². The predicted octanol–water partition coefficient (Wildman–Crippen LogP) is 3.80. The normalized spacial score (nSPS) is 11.5. The number of nitrogens with one attached hydrogen (secondary N) is 1. The summed E-state index contributed by atoms with van der Waals surface area (Å²) >= 11 is 1.55. The molecule has 1 aromatic heterocycles. The second-order valence-corrected chi connectivity index (χ2v) is 7.83. The average molecular weight is 391 g/mol. The highest BCUT2D eigenvalue weighted by molar-refractivity contribution is 7.09. The van der Waals surface area contributed by atoms with E-state index in [0.717, 1.165) is 16.3 Å². The molecule has 0 aliphatic heterocycles. The molecule has 0 saturated heterocycles. The first-order chi connectivity index (χ1) is 12.8. The number of thiazole rings is 1. The zero-order valence-corrected chi connectivity index (χ0v) is 17.4. The molecule has 1 aromatic carbocycles. The number of ether oxygens (including phenoxy) is 3. The Hall–Kier alpha value is -2.54. The topological polar surface area (TPSA) is 69.7 Å². The summed E-state index contributed by atoms with van der Waals surface area (Å²) in [7, 11) is 4.65. The second-order valence-electron chi connectivity index (χ2n) is 6.89. The smallest absolute Gasteiger partial charge is 0.244 e. The third-order valence-electron chi connectivity index (χ3n) is 3.85. The van der Waals surface area contributed by atoms with Crippen molar-refractivity contribution in [3.63, 3.8) is 0 Å². The number of hydrogen-bond acceptors (Lipinski definition) is 6. The van der Waals surface area contributed by atoms with Crippen LogP contribution in [0.5, 0.6) is 17.2 Å². The predicted molar refractivity (Wildman–Crippen MR) is 108 cm³/mol. The van der Waals surface area contributed by atoms with Gasteiger partial charge in [-0.3, -0.25) is 4.79 Å². The Balaban J connectivity index is 2.03. The molecule has 0 saturated carbocycles. The third-order valence-corrected chi connectivity index (χ3v) is 4.70. The van der Waals surface area contributed by atoms with Crippen molar-refractivity contribution in [1.29, 1.82) is 0 Å². The number of amides is 1. The van der Waals surface area contributed by atoms with Gasteiger partial charge in [-0.15, -0.1) is 11.3 Å². The van der Waals surface area contributed by atoms with Crippen molar-refractivity contribution in [2.45, 2.75) is 32.7 Å². The van der Waals surface area contributed by atoms with E-state index in [1.807, 2.05) is 5.38 Å². The summed E-state index contributed by atoms with van der Waals surface area (Å²) in [6.45, 7) is 6.75. The van der Waals surface area contributed by atoms with Crippen LogP contribution in [0.4, 0.5) is 0 Å². The van der Waals surface area contributed by atoms with E-state index in [4.69, 9.17) is 14.2 Å². The van der Waals surface area contributed by atoms with Gasteiger partial charge in [0, 0.05) is 16.9 Å². The maximum Gasteiger partial charge on any atom is 0.244 e. The number of carbonyl (C=O) groups is 1. The summed E-state index contributed by atoms with van der Waals surface area (Å²) < 4.78 is 15.9. The van der Waals surface area contributed by atoms with E-state index in [2.05, 4.69) is 31.1 Å². The third kappa shape index (κ3) is 5.47. The fraction of sp³-hybridized carbons (Fsp3) is 0.400. The minimum absolute atomic E-state index is 0.00510. The van der Waals surface area contributed by atoms with Crippen molar-refractivity contribution >= 4 is 23.3 Å². The molecule has 0 unspecified atom stereocenters. The molecule has 146 valence electrons. The van der Waals surface area contributed by atoms with Gasteiger partial charge in [-0.1, -0.05) is 20.8 Å². The van der Waals surface area contributed by atoms with Crippen LogP contribution in [-0.4, -0.2) is 32.2 Å². The van der Waals surface area contributed by atoms with E-state index in [9.17, 15) is 4.79 Å². The molecule has 2 aromatic rings. The van der Waals surface area contributed by atoms with Crippen LogP contribution < -0.4 is 19.5 Å². The van der Waals surface area contributed by atoms with E-state index >= 15 is 0 Å². The molecule has 0 spiro atoms. The lowest BCUT2D eigenvalue weighted by Gasteiger charge is -2.14. The van der Waals surface area contributed by atoms with Crippen molar-refractivity contribution in [3.8, 4) is 17.2 Å². The van der Waals surface area contributed by atoms with Crippen molar-refractivity contribution in [2.24, 2.45) is 0 Å². The van der Waals surface area contributed by atoms with Gasteiger partial charge in [-0.2, -0.15) is 0 Å². The van der Waals surface area contributed by atoms with E-state index < -0.39 is 0 Å². The Kier molecular flexibility index (Phi) is 6.85. The molecule has 1 N–H and O–H groups in total. The summed E-state index contributed by atoms with van der Waals surface area (Å²) in [6, 6.07) is 3.56. The fourth-order valence-electron chi connectivity index (χ4n) is 2.33. The minimum atomic E-state index is -0.198. The van der Waals surface area contributed by atoms with Gasteiger partial charge in [-0.25, -0.2) is 4.98 Å².